The number of thioether (sulfide) groups is 1. The van der Waals surface area contributed by atoms with Crippen LogP contribution in [0.3, 0.4) is 0 Å². The molecule has 1 saturated heterocycles. The maximum Gasteiger partial charge on any atom is 0.240 e. The van der Waals surface area contributed by atoms with Gasteiger partial charge in [-0.1, -0.05) is 32.5 Å². The van der Waals surface area contributed by atoms with E-state index < -0.39 is 5.25 Å². The Labute approximate surface area is 150 Å². The van der Waals surface area contributed by atoms with Gasteiger partial charge in [-0.3, -0.25) is 9.59 Å². The highest BCUT2D eigenvalue weighted by Gasteiger charge is 2.32. The van der Waals surface area contributed by atoms with E-state index in [0.29, 0.717) is 10.9 Å². The highest BCUT2D eigenvalue weighted by Crippen LogP contribution is 2.24. The summed E-state index contributed by atoms with van der Waals surface area (Å²) in [7, 11) is 0. The van der Waals surface area contributed by atoms with E-state index in [1.165, 1.54) is 36.0 Å². The average molecular weight is 364 g/mol. The molecule has 8 heteroatoms. The standard InChI is InChI=1S/C17H21FN4O2S/c1-10(17(2,3)4)21-22-16-20-15(24)13(25-16)9-14(23)19-12-7-5-11(18)6-8-12/h5-8,13H,9H2,1-4H3,(H,19,23)(H,20,22,24)/b21-10+/t13-/m0/s1. The van der Waals surface area contributed by atoms with Gasteiger partial charge in [0.2, 0.25) is 11.8 Å². The summed E-state index contributed by atoms with van der Waals surface area (Å²) in [5, 5.41) is 13.3. The lowest BCUT2D eigenvalue weighted by atomic mass is 9.91. The van der Waals surface area contributed by atoms with Gasteiger partial charge in [0.15, 0.2) is 5.17 Å². The van der Waals surface area contributed by atoms with Gasteiger partial charge in [0.1, 0.15) is 11.1 Å². The number of anilines is 1. The van der Waals surface area contributed by atoms with Crippen LogP contribution in [0.15, 0.2) is 34.5 Å². The van der Waals surface area contributed by atoms with Crippen molar-refractivity contribution in [2.45, 2.75) is 39.4 Å². The number of halogens is 1. The Kier molecular flexibility index (Phi) is 5.94. The minimum absolute atomic E-state index is 0.00510. The third kappa shape index (κ3) is 5.67. The van der Waals surface area contributed by atoms with Gasteiger partial charge in [-0.2, -0.15) is 5.10 Å². The fraction of sp³-hybridized carbons (Fsp3) is 0.412. The molecule has 25 heavy (non-hydrogen) atoms. The molecular formula is C17H21FN4O2S. The predicted molar refractivity (Wildman–Crippen MR) is 99.2 cm³/mol. The SMILES string of the molecule is C/C(=N\N=C1/NC(=O)[C@H](CC(=O)Nc2ccc(F)cc2)S1)C(C)(C)C. The molecule has 2 N–H and O–H groups in total. The Morgan fingerprint density at radius 2 is 1.96 bits per heavy atom. The molecule has 134 valence electrons. The maximum absolute atomic E-state index is 12.9. The smallest absolute Gasteiger partial charge is 0.240 e. The number of amides is 2. The van der Waals surface area contributed by atoms with Gasteiger partial charge in [-0.15, -0.1) is 5.10 Å². The molecule has 1 heterocycles. The molecule has 0 aliphatic carbocycles. The van der Waals surface area contributed by atoms with Gasteiger partial charge in [0.05, 0.1) is 0 Å². The largest absolute Gasteiger partial charge is 0.326 e. The zero-order valence-corrected chi connectivity index (χ0v) is 15.4. The first-order valence-electron chi connectivity index (χ1n) is 7.81. The molecule has 0 spiro atoms. The van der Waals surface area contributed by atoms with E-state index in [1.54, 1.807) is 0 Å². The summed E-state index contributed by atoms with van der Waals surface area (Å²) in [4.78, 5) is 24.0. The summed E-state index contributed by atoms with van der Waals surface area (Å²) in [6.45, 7) is 7.94. The lowest BCUT2D eigenvalue weighted by molar-refractivity contribution is -0.122. The molecule has 0 unspecified atom stereocenters. The molecule has 6 nitrogen and oxygen atoms in total. The van der Waals surface area contributed by atoms with E-state index in [2.05, 4.69) is 20.8 Å². The third-order valence-corrected chi connectivity index (χ3v) is 4.72. The van der Waals surface area contributed by atoms with E-state index in [9.17, 15) is 14.0 Å². The van der Waals surface area contributed by atoms with Crippen LogP contribution in [0.4, 0.5) is 10.1 Å². The Balaban J connectivity index is 1.94. The van der Waals surface area contributed by atoms with Crippen LogP contribution in [-0.4, -0.2) is 27.9 Å². The van der Waals surface area contributed by atoms with Crippen LogP contribution >= 0.6 is 11.8 Å². The van der Waals surface area contributed by atoms with Crippen LogP contribution in [0, 0.1) is 11.2 Å². The Hall–Kier alpha value is -2.22. The Morgan fingerprint density at radius 3 is 2.56 bits per heavy atom. The van der Waals surface area contributed by atoms with Crippen molar-refractivity contribution in [2.75, 3.05) is 5.32 Å². The van der Waals surface area contributed by atoms with Crippen molar-refractivity contribution in [1.29, 1.82) is 0 Å². The number of nitrogens with zero attached hydrogens (tertiary/aromatic N) is 2. The molecule has 0 radical (unpaired) electrons. The summed E-state index contributed by atoms with van der Waals surface area (Å²) in [6, 6.07) is 5.44. The molecular weight excluding hydrogens is 343 g/mol. The van der Waals surface area contributed by atoms with E-state index in [0.717, 1.165) is 5.71 Å². The molecule has 1 aliphatic rings. The number of benzene rings is 1. The van der Waals surface area contributed by atoms with Crippen LogP contribution in [0.25, 0.3) is 0 Å². The first-order valence-corrected chi connectivity index (χ1v) is 8.69. The fourth-order valence-electron chi connectivity index (χ4n) is 1.77. The molecule has 0 aromatic heterocycles. The van der Waals surface area contributed by atoms with Crippen LogP contribution in [0.1, 0.15) is 34.1 Å². The van der Waals surface area contributed by atoms with Crippen molar-refractivity contribution in [3.05, 3.63) is 30.1 Å². The van der Waals surface area contributed by atoms with Gasteiger partial charge in [0.25, 0.3) is 0 Å². The van der Waals surface area contributed by atoms with Crippen LogP contribution < -0.4 is 10.6 Å². The van der Waals surface area contributed by atoms with Gasteiger partial charge in [-0.25, -0.2) is 4.39 Å². The molecule has 2 rings (SSSR count). The predicted octanol–water partition coefficient (Wildman–Crippen LogP) is 3.16. The topological polar surface area (TPSA) is 82.9 Å². The number of nitrogens with one attached hydrogen (secondary N) is 2. The average Bonchev–Trinajstić information content (AvgIpc) is 2.86. The maximum atomic E-state index is 12.9. The van der Waals surface area contributed by atoms with Crippen molar-refractivity contribution in [3.8, 4) is 0 Å². The number of hydrogen-bond acceptors (Lipinski definition) is 5. The first-order chi connectivity index (χ1) is 11.6. The van der Waals surface area contributed by atoms with Gasteiger partial charge in [-0.05, 0) is 31.2 Å². The second-order valence-electron chi connectivity index (χ2n) is 6.70. The summed E-state index contributed by atoms with van der Waals surface area (Å²) in [5.41, 5.74) is 1.22. The van der Waals surface area contributed by atoms with Gasteiger partial charge < -0.3 is 10.6 Å². The van der Waals surface area contributed by atoms with Crippen molar-refractivity contribution in [1.82, 2.24) is 5.32 Å². The molecule has 1 aliphatic heterocycles. The zero-order valence-electron chi connectivity index (χ0n) is 14.6. The minimum atomic E-state index is -0.565. The lowest BCUT2D eigenvalue weighted by Gasteiger charge is -2.16. The van der Waals surface area contributed by atoms with E-state index in [-0.39, 0.29) is 29.5 Å². The zero-order chi connectivity index (χ0) is 18.6. The summed E-state index contributed by atoms with van der Waals surface area (Å²) >= 11 is 1.17. The van der Waals surface area contributed by atoms with E-state index >= 15 is 0 Å². The Bertz CT molecular complexity index is 723. The van der Waals surface area contributed by atoms with Crippen LogP contribution in [0.2, 0.25) is 0 Å². The van der Waals surface area contributed by atoms with Crippen molar-refractivity contribution < 1.29 is 14.0 Å². The molecule has 1 atom stereocenters. The molecule has 1 fully saturated rings. The number of hydrogen-bond donors (Lipinski definition) is 2. The third-order valence-electron chi connectivity index (χ3n) is 3.65. The fourth-order valence-corrected chi connectivity index (χ4v) is 2.69. The van der Waals surface area contributed by atoms with Gasteiger partial charge >= 0.3 is 0 Å². The quantitative estimate of drug-likeness (QED) is 0.636. The monoisotopic (exact) mass is 364 g/mol. The lowest BCUT2D eigenvalue weighted by Crippen LogP contribution is -2.28. The minimum Gasteiger partial charge on any atom is -0.326 e. The normalized spacial score (nSPS) is 19.9. The molecule has 2 amide bonds. The van der Waals surface area contributed by atoms with Gasteiger partial charge in [0, 0.05) is 23.2 Å². The molecule has 0 saturated carbocycles. The molecule has 1 aromatic rings. The van der Waals surface area contributed by atoms with Crippen molar-refractivity contribution in [3.63, 3.8) is 0 Å². The summed E-state index contributed by atoms with van der Waals surface area (Å²) < 4.78 is 12.9. The highest BCUT2D eigenvalue weighted by molar-refractivity contribution is 8.15. The number of carbonyl (C=O) groups is 2. The van der Waals surface area contributed by atoms with Crippen LogP contribution in [-0.2, 0) is 9.59 Å². The van der Waals surface area contributed by atoms with E-state index in [4.69, 9.17) is 0 Å². The van der Waals surface area contributed by atoms with E-state index in [1.807, 2.05) is 27.7 Å². The summed E-state index contributed by atoms with van der Waals surface area (Å²) in [5.74, 6) is -0.979. The molecule has 1 aromatic carbocycles. The Morgan fingerprint density at radius 1 is 1.32 bits per heavy atom. The number of carbonyl (C=O) groups excluding carboxylic acids is 2. The second-order valence-corrected chi connectivity index (χ2v) is 7.89. The van der Waals surface area contributed by atoms with Crippen molar-refractivity contribution in [2.24, 2.45) is 15.6 Å². The molecule has 0 bridgehead atoms. The number of amidine groups is 1. The highest BCUT2D eigenvalue weighted by atomic mass is 32.2. The summed E-state index contributed by atoms with van der Waals surface area (Å²) in [6.07, 6.45) is -0.00510. The number of rotatable bonds is 4. The first kappa shape index (κ1) is 19.1. The second kappa shape index (κ2) is 7.77. The van der Waals surface area contributed by atoms with Crippen LogP contribution in [0.5, 0.6) is 0 Å². The van der Waals surface area contributed by atoms with Crippen molar-refractivity contribution >= 4 is 40.1 Å².